The predicted molar refractivity (Wildman–Crippen MR) is 267 cm³/mol. The zero-order valence-electron chi connectivity index (χ0n) is 43.2. The lowest BCUT2D eigenvalue weighted by Gasteiger charge is -2.40. The zero-order valence-corrected chi connectivity index (χ0v) is 43.2. The highest BCUT2D eigenvalue weighted by Gasteiger charge is 2.50. The van der Waals surface area contributed by atoms with E-state index in [4.69, 9.17) is 23.7 Å². The summed E-state index contributed by atoms with van der Waals surface area (Å²) in [5.41, 5.74) is 0. The molecule has 1 aliphatic heterocycles. The highest BCUT2D eigenvalue weighted by molar-refractivity contribution is 5.74. The molecule has 0 aromatic rings. The van der Waals surface area contributed by atoms with Gasteiger partial charge >= 0.3 is 23.9 Å². The van der Waals surface area contributed by atoms with Crippen molar-refractivity contribution in [2.75, 3.05) is 13.2 Å². The van der Waals surface area contributed by atoms with Crippen LogP contribution in [0.5, 0.6) is 0 Å². The van der Waals surface area contributed by atoms with Crippen LogP contribution in [0.3, 0.4) is 0 Å². The molecule has 0 saturated carbocycles. The first-order valence-electron chi connectivity index (χ1n) is 28.0. The second-order valence-corrected chi connectivity index (χ2v) is 19.6. The average molecular weight is 955 g/mol. The van der Waals surface area contributed by atoms with Gasteiger partial charge in [0, 0.05) is 19.3 Å². The third-order valence-corrected chi connectivity index (χ3v) is 13.2. The number of ether oxygens (including phenoxy) is 5. The molecule has 12 nitrogen and oxygen atoms in total. The largest absolute Gasteiger partial charge is 0.479 e. The van der Waals surface area contributed by atoms with Crippen molar-refractivity contribution in [3.8, 4) is 0 Å². The summed E-state index contributed by atoms with van der Waals surface area (Å²) in [6.45, 7) is 5.99. The first-order valence-corrected chi connectivity index (χ1v) is 28.0. The molecule has 0 radical (unpaired) electrons. The van der Waals surface area contributed by atoms with Gasteiger partial charge in [-0.15, -0.1) is 0 Å². The Morgan fingerprint density at radius 1 is 0.433 bits per heavy atom. The van der Waals surface area contributed by atoms with Gasteiger partial charge in [0.2, 0.25) is 0 Å². The number of carbonyl (C=O) groups is 4. The smallest absolute Gasteiger partial charge is 0.335 e. The number of aliphatic hydroxyl groups is 2. The Kier molecular flexibility index (Phi) is 42.0. The van der Waals surface area contributed by atoms with Crippen molar-refractivity contribution in [1.29, 1.82) is 0 Å². The number of hydrogen-bond acceptors (Lipinski definition) is 11. The van der Waals surface area contributed by atoms with Gasteiger partial charge in [-0.2, -0.15) is 0 Å². The van der Waals surface area contributed by atoms with E-state index < -0.39 is 67.3 Å². The number of carboxylic acid groups (broad SMARTS) is 1. The van der Waals surface area contributed by atoms with Gasteiger partial charge in [0.25, 0.3) is 0 Å². The summed E-state index contributed by atoms with van der Waals surface area (Å²) in [6.07, 6.45) is 33.7. The molecule has 0 spiro atoms. The lowest BCUT2D eigenvalue weighted by atomic mass is 9.98. The maximum absolute atomic E-state index is 13.1. The van der Waals surface area contributed by atoms with Gasteiger partial charge in [0.1, 0.15) is 18.8 Å². The lowest BCUT2D eigenvalue weighted by molar-refractivity contribution is -0.301. The highest BCUT2D eigenvalue weighted by Crippen LogP contribution is 2.26. The van der Waals surface area contributed by atoms with Crippen molar-refractivity contribution >= 4 is 23.9 Å². The summed E-state index contributed by atoms with van der Waals surface area (Å²) in [4.78, 5) is 50.9. The van der Waals surface area contributed by atoms with Crippen molar-refractivity contribution in [3.63, 3.8) is 0 Å². The summed E-state index contributed by atoms with van der Waals surface area (Å²) in [6, 6.07) is 0. The third-order valence-electron chi connectivity index (χ3n) is 13.2. The SMILES string of the molecule is CCCCCCCCCCCCCCCC(=O)OCC(COC1OC(C(=O)O)C(O)C(O)C1OC(=O)CCCCCCCCCCCCC)OC(=O)CCCCCCCCCCCCCCC. The third kappa shape index (κ3) is 35.5. The van der Waals surface area contributed by atoms with Crippen LogP contribution in [0.15, 0.2) is 0 Å². The molecular formula is C55H102O12. The van der Waals surface area contributed by atoms with Gasteiger partial charge < -0.3 is 39.0 Å². The number of unbranched alkanes of at least 4 members (excludes halogenated alkanes) is 34. The van der Waals surface area contributed by atoms with Gasteiger partial charge in [-0.1, -0.05) is 239 Å². The molecule has 1 fully saturated rings. The van der Waals surface area contributed by atoms with E-state index in [1.807, 2.05) is 0 Å². The van der Waals surface area contributed by atoms with Crippen molar-refractivity contribution in [1.82, 2.24) is 0 Å². The van der Waals surface area contributed by atoms with Crippen molar-refractivity contribution in [3.05, 3.63) is 0 Å². The summed E-state index contributed by atoms with van der Waals surface area (Å²) >= 11 is 0. The van der Waals surface area contributed by atoms with Crippen LogP contribution in [0.1, 0.15) is 278 Å². The Labute approximate surface area is 408 Å². The van der Waals surface area contributed by atoms with Crippen molar-refractivity contribution < 1.29 is 58.2 Å². The number of esters is 3. The highest BCUT2D eigenvalue weighted by atomic mass is 16.7. The molecule has 12 heteroatoms. The Morgan fingerprint density at radius 3 is 1.12 bits per heavy atom. The van der Waals surface area contributed by atoms with E-state index in [-0.39, 0.29) is 25.9 Å². The number of aliphatic hydroxyl groups excluding tert-OH is 2. The normalized spacial score (nSPS) is 18.7. The molecule has 0 aromatic carbocycles. The Hall–Kier alpha value is -2.28. The van der Waals surface area contributed by atoms with E-state index >= 15 is 0 Å². The fourth-order valence-electron chi connectivity index (χ4n) is 8.84. The van der Waals surface area contributed by atoms with Gasteiger partial charge in [0.05, 0.1) is 6.61 Å². The predicted octanol–water partition coefficient (Wildman–Crippen LogP) is 13.6. The number of aliphatic carboxylic acids is 1. The van der Waals surface area contributed by atoms with Crippen LogP contribution in [-0.4, -0.2) is 89.2 Å². The number of rotatable bonds is 48. The minimum atomic E-state index is -1.89. The van der Waals surface area contributed by atoms with Crippen LogP contribution in [0, 0.1) is 0 Å². The molecule has 0 aromatic heterocycles. The van der Waals surface area contributed by atoms with Crippen LogP contribution in [0.2, 0.25) is 0 Å². The summed E-state index contributed by atoms with van der Waals surface area (Å²) in [7, 11) is 0. The molecule has 1 heterocycles. The van der Waals surface area contributed by atoms with Crippen LogP contribution in [0.25, 0.3) is 0 Å². The maximum Gasteiger partial charge on any atom is 0.335 e. The summed E-state index contributed by atoms with van der Waals surface area (Å²) in [5.74, 6) is -3.08. The molecule has 0 aliphatic carbocycles. The van der Waals surface area contributed by atoms with E-state index in [1.165, 1.54) is 154 Å². The molecule has 6 unspecified atom stereocenters. The molecule has 0 amide bonds. The molecule has 1 aliphatic rings. The van der Waals surface area contributed by atoms with Crippen LogP contribution < -0.4 is 0 Å². The van der Waals surface area contributed by atoms with Gasteiger partial charge in [0.15, 0.2) is 24.6 Å². The quantitative estimate of drug-likeness (QED) is 0.0299. The molecule has 394 valence electrons. The number of hydrogen-bond donors (Lipinski definition) is 3. The molecule has 1 rings (SSSR count). The van der Waals surface area contributed by atoms with E-state index in [9.17, 15) is 34.5 Å². The molecule has 6 atom stereocenters. The lowest BCUT2D eigenvalue weighted by Crippen LogP contribution is -2.61. The summed E-state index contributed by atoms with van der Waals surface area (Å²) in [5, 5.41) is 31.3. The summed E-state index contributed by atoms with van der Waals surface area (Å²) < 4.78 is 28.4. The van der Waals surface area contributed by atoms with Gasteiger partial charge in [-0.25, -0.2) is 4.79 Å². The second-order valence-electron chi connectivity index (χ2n) is 19.6. The van der Waals surface area contributed by atoms with Crippen LogP contribution >= 0.6 is 0 Å². The number of carbonyl (C=O) groups excluding carboxylic acids is 3. The first kappa shape index (κ1) is 62.7. The molecular weight excluding hydrogens is 853 g/mol. The van der Waals surface area contributed by atoms with E-state index in [0.29, 0.717) is 19.3 Å². The second kappa shape index (κ2) is 44.9. The van der Waals surface area contributed by atoms with E-state index in [2.05, 4.69) is 20.8 Å². The monoisotopic (exact) mass is 955 g/mol. The molecule has 1 saturated heterocycles. The first-order chi connectivity index (χ1) is 32.6. The Morgan fingerprint density at radius 2 is 0.761 bits per heavy atom. The molecule has 67 heavy (non-hydrogen) atoms. The maximum atomic E-state index is 13.1. The standard InChI is InChI=1S/C55H102O12/c1-4-7-10-13-16-19-22-24-27-29-32-35-38-41-47(56)63-44-46(65-48(57)42-39-36-33-31-28-25-23-20-17-14-11-8-5-2)45-64-55-53(51(60)50(59)52(67-55)54(61)62)66-49(58)43-40-37-34-30-26-21-18-15-12-9-6-3/h46,50-53,55,59-60H,4-45H2,1-3H3,(H,61,62). The Bertz CT molecular complexity index is 1180. The van der Waals surface area contributed by atoms with Crippen molar-refractivity contribution in [2.45, 2.75) is 314 Å². The number of carboxylic acids is 1. The van der Waals surface area contributed by atoms with Crippen LogP contribution in [0.4, 0.5) is 0 Å². The van der Waals surface area contributed by atoms with Crippen LogP contribution in [-0.2, 0) is 42.9 Å². The zero-order chi connectivity index (χ0) is 49.0. The minimum Gasteiger partial charge on any atom is -0.479 e. The minimum absolute atomic E-state index is 0.0695. The van der Waals surface area contributed by atoms with Gasteiger partial charge in [-0.05, 0) is 19.3 Å². The van der Waals surface area contributed by atoms with E-state index in [0.717, 1.165) is 64.2 Å². The average Bonchev–Trinajstić information content (AvgIpc) is 3.31. The fraction of sp³-hybridized carbons (Fsp3) is 0.927. The Balaban J connectivity index is 2.70. The van der Waals surface area contributed by atoms with Gasteiger partial charge in [-0.3, -0.25) is 14.4 Å². The topological polar surface area (TPSA) is 175 Å². The fourth-order valence-corrected chi connectivity index (χ4v) is 8.84. The molecule has 0 bridgehead atoms. The molecule has 3 N–H and O–H groups in total. The van der Waals surface area contributed by atoms with E-state index in [1.54, 1.807) is 0 Å². The van der Waals surface area contributed by atoms with Crippen molar-refractivity contribution in [2.24, 2.45) is 0 Å².